The number of hydrogen-bond donors (Lipinski definition) is 4. The number of fused-ring (bicyclic) bond motifs is 4. The fourth-order valence-electron chi connectivity index (χ4n) is 4.08. The summed E-state index contributed by atoms with van der Waals surface area (Å²) in [5.41, 5.74) is 4.69. The molecule has 0 radical (unpaired) electrons. The number of aromatic nitrogens is 2. The van der Waals surface area contributed by atoms with Gasteiger partial charge in [0.1, 0.15) is 23.2 Å². The molecule has 4 heterocycles. The third-order valence-electron chi connectivity index (χ3n) is 5.82. The lowest BCUT2D eigenvalue weighted by Gasteiger charge is -2.44. The Balaban J connectivity index is 1.70. The third kappa shape index (κ3) is 4.16. The lowest BCUT2D eigenvalue weighted by Crippen LogP contribution is -2.65. The van der Waals surface area contributed by atoms with Gasteiger partial charge in [-0.1, -0.05) is 6.07 Å². The first kappa shape index (κ1) is 22.7. The summed E-state index contributed by atoms with van der Waals surface area (Å²) in [4.78, 5) is 37.7. The molecule has 0 aliphatic carbocycles. The highest BCUT2D eigenvalue weighted by Gasteiger charge is 2.51. The van der Waals surface area contributed by atoms with Gasteiger partial charge in [0.2, 0.25) is 0 Å². The summed E-state index contributed by atoms with van der Waals surface area (Å²) < 4.78 is 39.2. The Morgan fingerprint density at radius 3 is 2.70 bits per heavy atom. The van der Waals surface area contributed by atoms with Crippen molar-refractivity contribution in [2.45, 2.75) is 24.3 Å². The fourth-order valence-corrected chi connectivity index (χ4v) is 4.08. The van der Waals surface area contributed by atoms with Gasteiger partial charge < -0.3 is 16.0 Å². The topological polar surface area (TPSA) is 129 Å². The van der Waals surface area contributed by atoms with E-state index in [2.05, 4.69) is 20.6 Å². The Morgan fingerprint density at radius 1 is 1.27 bits per heavy atom. The fraction of sp³-hybridized carbons (Fsp3) is 0.400. The van der Waals surface area contributed by atoms with E-state index in [-0.39, 0.29) is 11.5 Å². The van der Waals surface area contributed by atoms with E-state index in [9.17, 15) is 22.8 Å². The van der Waals surface area contributed by atoms with Crippen molar-refractivity contribution in [2.24, 2.45) is 5.73 Å². The molecule has 2 aliphatic rings. The summed E-state index contributed by atoms with van der Waals surface area (Å²) in [7, 11) is 1.71. The Bertz CT molecular complexity index is 1050. The van der Waals surface area contributed by atoms with Gasteiger partial charge in [-0.25, -0.2) is 14.8 Å². The van der Waals surface area contributed by atoms with E-state index in [1.807, 2.05) is 10.2 Å². The Kier molecular flexibility index (Phi) is 5.84. The number of pyridine rings is 2. The zero-order chi connectivity index (χ0) is 23.8. The molecule has 4 rings (SSSR count). The second kappa shape index (κ2) is 8.48. The van der Waals surface area contributed by atoms with E-state index in [1.54, 1.807) is 31.3 Å². The monoisotopic (exact) mass is 464 g/mol. The van der Waals surface area contributed by atoms with Crippen LogP contribution in [-0.4, -0.2) is 66.5 Å². The number of nitrogens with one attached hydrogen (secondary N) is 3. The van der Waals surface area contributed by atoms with Gasteiger partial charge in [0.15, 0.2) is 5.82 Å². The van der Waals surface area contributed by atoms with E-state index < -0.39 is 36.4 Å². The maximum Gasteiger partial charge on any atom is 0.409 e. The van der Waals surface area contributed by atoms with E-state index in [0.717, 1.165) is 0 Å². The highest BCUT2D eigenvalue weighted by Crippen LogP contribution is 2.43. The van der Waals surface area contributed by atoms with Crippen molar-refractivity contribution in [3.63, 3.8) is 0 Å². The molecule has 2 aromatic heterocycles. The van der Waals surface area contributed by atoms with E-state index in [4.69, 9.17) is 5.73 Å². The second-order valence-corrected chi connectivity index (χ2v) is 7.78. The first-order chi connectivity index (χ1) is 15.7. The van der Waals surface area contributed by atoms with Gasteiger partial charge in [-0.3, -0.25) is 20.3 Å². The molecule has 33 heavy (non-hydrogen) atoms. The number of rotatable bonds is 5. The largest absolute Gasteiger partial charge is 0.409 e. The summed E-state index contributed by atoms with van der Waals surface area (Å²) in [6.45, 7) is 0.288. The first-order valence-corrected chi connectivity index (χ1v) is 10.2. The molecular weight excluding hydrogens is 441 g/mol. The van der Waals surface area contributed by atoms with Crippen LogP contribution in [0, 0.1) is 0 Å². The summed E-state index contributed by atoms with van der Waals surface area (Å²) in [5, 5.41) is 7.75. The van der Waals surface area contributed by atoms with E-state index in [1.165, 1.54) is 17.2 Å². The van der Waals surface area contributed by atoms with Crippen LogP contribution in [0.2, 0.25) is 0 Å². The van der Waals surface area contributed by atoms with Crippen LogP contribution in [0.5, 0.6) is 0 Å². The number of nitrogens with zero attached hydrogens (tertiary/aromatic N) is 4. The number of halogens is 3. The quantitative estimate of drug-likeness (QED) is 0.525. The van der Waals surface area contributed by atoms with Crippen LogP contribution in [-0.2, 0) is 0 Å². The third-order valence-corrected chi connectivity index (χ3v) is 5.82. The number of urea groups is 1. The molecule has 13 heteroatoms. The highest BCUT2D eigenvalue weighted by molar-refractivity contribution is 6.05. The van der Waals surface area contributed by atoms with Crippen LogP contribution in [0.4, 0.5) is 35.3 Å². The van der Waals surface area contributed by atoms with Crippen LogP contribution in [0.25, 0.3) is 0 Å². The van der Waals surface area contributed by atoms with Crippen LogP contribution in [0.3, 0.4) is 0 Å². The molecule has 0 saturated carbocycles. The predicted molar refractivity (Wildman–Crippen MR) is 115 cm³/mol. The highest BCUT2D eigenvalue weighted by atomic mass is 19.4. The Hall–Kier alpha value is -3.45. The molecule has 1 unspecified atom stereocenters. The van der Waals surface area contributed by atoms with Crippen LogP contribution >= 0.6 is 0 Å². The normalized spacial score (nSPS) is 20.3. The number of alkyl halides is 3. The molecule has 1 fully saturated rings. The number of carbonyl (C=O) groups is 2. The maximum absolute atomic E-state index is 13.3. The Morgan fingerprint density at radius 2 is 2.06 bits per heavy atom. The molecule has 3 amide bonds. The smallest absolute Gasteiger partial charge is 0.365 e. The Labute approximate surface area is 187 Å². The molecule has 2 aromatic rings. The van der Waals surface area contributed by atoms with Crippen molar-refractivity contribution in [3.05, 3.63) is 42.2 Å². The number of amides is 3. The average Bonchev–Trinajstić information content (AvgIpc) is 3.17. The van der Waals surface area contributed by atoms with Crippen molar-refractivity contribution >= 4 is 29.3 Å². The zero-order valence-electron chi connectivity index (χ0n) is 17.7. The molecule has 2 bridgehead atoms. The SMILES string of the molecule is CN[C@]12CCN(C1)c1ccc(C(=O)NC(CN)C(F)(F)F)nc1N2C(=O)Nc1ccccn1. The van der Waals surface area contributed by atoms with Gasteiger partial charge in [0.05, 0.1) is 12.2 Å². The van der Waals surface area contributed by atoms with Crippen molar-refractivity contribution in [1.82, 2.24) is 20.6 Å². The van der Waals surface area contributed by atoms with Gasteiger partial charge >= 0.3 is 12.2 Å². The van der Waals surface area contributed by atoms with Gasteiger partial charge in [0.25, 0.3) is 5.91 Å². The molecule has 2 atom stereocenters. The number of anilines is 3. The van der Waals surface area contributed by atoms with Gasteiger partial charge in [-0.15, -0.1) is 0 Å². The van der Waals surface area contributed by atoms with Gasteiger partial charge in [-0.2, -0.15) is 13.2 Å². The van der Waals surface area contributed by atoms with E-state index >= 15 is 0 Å². The number of carbonyl (C=O) groups excluding carboxylic acids is 2. The van der Waals surface area contributed by atoms with Crippen molar-refractivity contribution in [2.75, 3.05) is 41.8 Å². The lowest BCUT2D eigenvalue weighted by atomic mass is 10.1. The lowest BCUT2D eigenvalue weighted by molar-refractivity contribution is -0.150. The summed E-state index contributed by atoms with van der Waals surface area (Å²) in [6.07, 6.45) is -2.60. The van der Waals surface area contributed by atoms with Crippen LogP contribution in [0.1, 0.15) is 16.9 Å². The molecule has 1 saturated heterocycles. The zero-order valence-corrected chi connectivity index (χ0v) is 17.7. The number of likely N-dealkylation sites (N-methyl/N-ethyl adjacent to an activating group) is 1. The number of hydrogen-bond acceptors (Lipinski definition) is 7. The molecule has 0 spiro atoms. The number of nitrogens with two attached hydrogens (primary N) is 1. The minimum Gasteiger partial charge on any atom is -0.365 e. The predicted octanol–water partition coefficient (Wildman–Crippen LogP) is 1.27. The first-order valence-electron chi connectivity index (χ1n) is 10.2. The van der Waals surface area contributed by atoms with Crippen LogP contribution in [0.15, 0.2) is 36.5 Å². The maximum atomic E-state index is 13.3. The van der Waals surface area contributed by atoms with Crippen molar-refractivity contribution in [3.8, 4) is 0 Å². The summed E-state index contributed by atoms with van der Waals surface area (Å²) in [5.74, 6) is -0.562. The van der Waals surface area contributed by atoms with Crippen molar-refractivity contribution < 1.29 is 22.8 Å². The van der Waals surface area contributed by atoms with Gasteiger partial charge in [-0.05, 0) is 31.3 Å². The summed E-state index contributed by atoms with van der Waals surface area (Å²) in [6, 6.07) is 5.20. The molecule has 5 N–H and O–H groups in total. The minimum atomic E-state index is -4.70. The van der Waals surface area contributed by atoms with Crippen LogP contribution < -0.4 is 31.5 Å². The average molecular weight is 464 g/mol. The molecule has 0 aromatic carbocycles. The summed E-state index contributed by atoms with van der Waals surface area (Å²) >= 11 is 0. The molecule has 176 valence electrons. The molecular formula is C20H23F3N8O2. The molecule has 2 aliphatic heterocycles. The van der Waals surface area contributed by atoms with Crippen molar-refractivity contribution in [1.29, 1.82) is 0 Å². The standard InChI is InChI=1S/C20H23F3N8O2/c1-25-19-7-9-30(11-19)13-6-5-12(17(32)28-14(10-24)20(21,22)23)27-16(13)31(19)18(33)29-15-4-2-3-8-26-15/h2-6,8,14,25H,7,9-11,24H2,1H3,(H,28,32)(H,26,29,33)/t14?,19-/m0/s1. The van der Waals surface area contributed by atoms with E-state index in [0.29, 0.717) is 31.0 Å². The minimum absolute atomic E-state index is 0.158. The molecule has 10 nitrogen and oxygen atoms in total. The second-order valence-electron chi connectivity index (χ2n) is 7.78. The van der Waals surface area contributed by atoms with Gasteiger partial charge in [0, 0.05) is 25.7 Å².